The normalized spacial score (nSPS) is 15.7. The first-order valence-electron chi connectivity index (χ1n) is 7.72. The number of carbonyl (C=O) groups is 1. The van der Waals surface area contributed by atoms with Gasteiger partial charge in [-0.05, 0) is 30.9 Å². The van der Waals surface area contributed by atoms with Gasteiger partial charge in [0.25, 0.3) is 0 Å². The van der Waals surface area contributed by atoms with Crippen molar-refractivity contribution < 1.29 is 31.9 Å². The molecule has 8 heteroatoms. The summed E-state index contributed by atoms with van der Waals surface area (Å²) in [5.74, 6) is -5.21. The summed E-state index contributed by atoms with van der Waals surface area (Å²) in [6.45, 7) is 5.53. The van der Waals surface area contributed by atoms with Crippen LogP contribution < -0.4 is 0 Å². The first-order chi connectivity index (χ1) is 10.4. The number of carboxylic acids is 1. The quantitative estimate of drug-likeness (QED) is 0.374. The molecule has 0 aromatic carbocycles. The monoisotopic (exact) mass is 364 g/mol. The van der Waals surface area contributed by atoms with Gasteiger partial charge in [0.1, 0.15) is 4.75 Å². The van der Waals surface area contributed by atoms with Crippen LogP contribution in [0, 0.1) is 5.92 Å². The van der Waals surface area contributed by atoms with Gasteiger partial charge in [-0.25, -0.2) is 0 Å². The fourth-order valence-electron chi connectivity index (χ4n) is 2.34. The fourth-order valence-corrected chi connectivity index (χ4v) is 3.85. The number of unbranched alkanes of at least 4 members (excludes halogenated alkanes) is 2. The van der Waals surface area contributed by atoms with E-state index < -0.39 is 29.2 Å². The lowest BCUT2D eigenvalue weighted by atomic mass is 9.90. The molecular formula is C15H25F5O2S. The first-order valence-corrected chi connectivity index (χ1v) is 8.71. The molecule has 0 amide bonds. The Balaban J connectivity index is 4.31. The molecule has 2 nitrogen and oxygen atoms in total. The highest BCUT2D eigenvalue weighted by Gasteiger charge is 2.56. The summed E-state index contributed by atoms with van der Waals surface area (Å²) in [6, 6.07) is 0. The number of alkyl halides is 5. The minimum absolute atomic E-state index is 0.0977. The van der Waals surface area contributed by atoms with Crippen LogP contribution in [0.2, 0.25) is 0 Å². The molecule has 0 radical (unpaired) electrons. The van der Waals surface area contributed by atoms with Crippen molar-refractivity contribution in [1.29, 1.82) is 0 Å². The van der Waals surface area contributed by atoms with Crippen LogP contribution in [0.4, 0.5) is 22.0 Å². The van der Waals surface area contributed by atoms with Gasteiger partial charge in [0.2, 0.25) is 0 Å². The molecule has 1 N–H and O–H groups in total. The Morgan fingerprint density at radius 3 is 2.00 bits per heavy atom. The van der Waals surface area contributed by atoms with E-state index in [-0.39, 0.29) is 18.8 Å². The second kappa shape index (κ2) is 9.08. The molecule has 0 saturated carbocycles. The van der Waals surface area contributed by atoms with Crippen molar-refractivity contribution in [2.75, 3.05) is 5.75 Å². The zero-order valence-electron chi connectivity index (χ0n) is 13.7. The molecule has 0 bridgehead atoms. The number of halogens is 5. The van der Waals surface area contributed by atoms with Crippen LogP contribution in [0.3, 0.4) is 0 Å². The Morgan fingerprint density at radius 2 is 1.61 bits per heavy atom. The van der Waals surface area contributed by atoms with E-state index in [1.165, 1.54) is 11.8 Å². The average molecular weight is 364 g/mol. The minimum Gasteiger partial charge on any atom is -0.480 e. The van der Waals surface area contributed by atoms with Gasteiger partial charge in [0.05, 0.1) is 0 Å². The van der Waals surface area contributed by atoms with E-state index in [1.807, 2.05) is 20.8 Å². The van der Waals surface area contributed by atoms with E-state index in [0.717, 1.165) is 0 Å². The van der Waals surface area contributed by atoms with Crippen molar-refractivity contribution >= 4 is 17.7 Å². The number of carboxylic acid groups (broad SMARTS) is 1. The van der Waals surface area contributed by atoms with Crippen LogP contribution in [0.1, 0.15) is 59.3 Å². The van der Waals surface area contributed by atoms with Gasteiger partial charge in [0, 0.05) is 6.42 Å². The van der Waals surface area contributed by atoms with E-state index in [2.05, 4.69) is 0 Å². The smallest absolute Gasteiger partial charge is 0.453 e. The second-order valence-corrected chi connectivity index (χ2v) is 7.39. The van der Waals surface area contributed by atoms with E-state index in [9.17, 15) is 31.9 Å². The molecule has 23 heavy (non-hydrogen) atoms. The van der Waals surface area contributed by atoms with Crippen molar-refractivity contribution in [3.8, 4) is 0 Å². The maximum absolute atomic E-state index is 12.7. The van der Waals surface area contributed by atoms with E-state index >= 15 is 0 Å². The Morgan fingerprint density at radius 1 is 1.04 bits per heavy atom. The molecule has 0 aromatic rings. The summed E-state index contributed by atoms with van der Waals surface area (Å²) in [5.41, 5.74) is 0. The molecule has 0 saturated heterocycles. The molecule has 0 heterocycles. The molecule has 0 fully saturated rings. The third kappa shape index (κ3) is 6.47. The highest BCUT2D eigenvalue weighted by atomic mass is 32.2. The summed E-state index contributed by atoms with van der Waals surface area (Å²) in [6.07, 6.45) is -5.11. The van der Waals surface area contributed by atoms with Crippen LogP contribution in [0.5, 0.6) is 0 Å². The first kappa shape index (κ1) is 22.5. The largest absolute Gasteiger partial charge is 0.480 e. The molecule has 0 spiro atoms. The standard InChI is InChI=1S/C15H25F5O2S/c1-4-8-13(11(2)3,12(21)22)23-10-7-5-6-9-14(16,17)15(18,19)20/h11H,4-10H2,1-3H3,(H,21,22). The Kier molecular flexibility index (Phi) is 8.87. The predicted molar refractivity (Wildman–Crippen MR) is 82.0 cm³/mol. The highest BCUT2D eigenvalue weighted by Crippen LogP contribution is 2.40. The SMILES string of the molecule is CCCC(SCCCCCC(F)(F)C(F)(F)F)(C(=O)O)C(C)C. The van der Waals surface area contributed by atoms with Gasteiger partial charge in [-0.2, -0.15) is 22.0 Å². The Hall–Kier alpha value is -0.530. The summed E-state index contributed by atoms with van der Waals surface area (Å²) >= 11 is 1.26. The lowest BCUT2D eigenvalue weighted by Gasteiger charge is -2.32. The maximum atomic E-state index is 12.7. The minimum atomic E-state index is -5.50. The predicted octanol–water partition coefficient (Wildman–Crippen LogP) is 5.76. The number of hydrogen-bond donors (Lipinski definition) is 1. The van der Waals surface area contributed by atoms with Gasteiger partial charge in [-0.3, -0.25) is 4.79 Å². The van der Waals surface area contributed by atoms with Crippen molar-refractivity contribution in [2.45, 2.75) is 76.1 Å². The van der Waals surface area contributed by atoms with Crippen molar-refractivity contribution in [3.05, 3.63) is 0 Å². The van der Waals surface area contributed by atoms with E-state index in [0.29, 0.717) is 25.0 Å². The third-order valence-electron chi connectivity index (χ3n) is 3.83. The maximum Gasteiger partial charge on any atom is 0.453 e. The molecule has 138 valence electrons. The number of hydrogen-bond acceptors (Lipinski definition) is 2. The number of aliphatic carboxylic acids is 1. The summed E-state index contributed by atoms with van der Waals surface area (Å²) in [5, 5.41) is 9.48. The zero-order chi connectivity index (χ0) is 18.3. The van der Waals surface area contributed by atoms with Crippen molar-refractivity contribution in [2.24, 2.45) is 5.92 Å². The summed E-state index contributed by atoms with van der Waals surface area (Å²) in [4.78, 5) is 11.6. The summed E-state index contributed by atoms with van der Waals surface area (Å²) < 4.78 is 60.6. The number of thioether (sulfide) groups is 1. The lowest BCUT2D eigenvalue weighted by molar-refractivity contribution is -0.284. The van der Waals surface area contributed by atoms with E-state index in [1.54, 1.807) is 0 Å². The molecule has 0 aromatic heterocycles. The van der Waals surface area contributed by atoms with Gasteiger partial charge in [-0.1, -0.05) is 33.6 Å². The summed E-state index contributed by atoms with van der Waals surface area (Å²) in [7, 11) is 0. The topological polar surface area (TPSA) is 37.3 Å². The second-order valence-electron chi connectivity index (χ2n) is 5.96. The van der Waals surface area contributed by atoms with Crippen molar-refractivity contribution in [3.63, 3.8) is 0 Å². The molecule has 1 unspecified atom stereocenters. The van der Waals surface area contributed by atoms with E-state index in [4.69, 9.17) is 0 Å². The van der Waals surface area contributed by atoms with Crippen LogP contribution >= 0.6 is 11.8 Å². The Labute approximate surface area is 138 Å². The van der Waals surface area contributed by atoms with Gasteiger partial charge >= 0.3 is 18.1 Å². The fraction of sp³-hybridized carbons (Fsp3) is 0.933. The molecule has 1 atom stereocenters. The molecule has 0 aliphatic carbocycles. The number of rotatable bonds is 11. The average Bonchev–Trinajstić information content (AvgIpc) is 2.39. The Bertz CT molecular complexity index is 371. The van der Waals surface area contributed by atoms with Crippen LogP contribution in [-0.4, -0.2) is 33.7 Å². The highest BCUT2D eigenvalue weighted by molar-refractivity contribution is 8.01. The van der Waals surface area contributed by atoms with Gasteiger partial charge in [-0.15, -0.1) is 11.8 Å². The van der Waals surface area contributed by atoms with Gasteiger partial charge < -0.3 is 5.11 Å². The molecule has 0 aliphatic heterocycles. The molecule has 0 aliphatic rings. The van der Waals surface area contributed by atoms with Gasteiger partial charge in [0.15, 0.2) is 0 Å². The van der Waals surface area contributed by atoms with Crippen molar-refractivity contribution in [1.82, 2.24) is 0 Å². The van der Waals surface area contributed by atoms with Crippen LogP contribution in [-0.2, 0) is 4.79 Å². The molecule has 0 rings (SSSR count). The van der Waals surface area contributed by atoms with Crippen LogP contribution in [0.25, 0.3) is 0 Å². The molecular weight excluding hydrogens is 339 g/mol. The lowest BCUT2D eigenvalue weighted by Crippen LogP contribution is -2.40. The third-order valence-corrected chi connectivity index (χ3v) is 5.68. The zero-order valence-corrected chi connectivity index (χ0v) is 14.5. The van der Waals surface area contributed by atoms with Crippen LogP contribution in [0.15, 0.2) is 0 Å².